The van der Waals surface area contributed by atoms with Gasteiger partial charge in [0.25, 0.3) is 0 Å². The van der Waals surface area contributed by atoms with Crippen LogP contribution in [0.2, 0.25) is 5.02 Å². The largest absolute Gasteiger partial charge is 0.326 e. The number of hydrogen-bond donors (Lipinski definition) is 1. The number of carbonyl (C=O) groups is 2. The number of sulfonamides is 1. The van der Waals surface area contributed by atoms with Crippen molar-refractivity contribution < 1.29 is 18.0 Å². The van der Waals surface area contributed by atoms with Crippen LogP contribution in [0.5, 0.6) is 0 Å². The fourth-order valence-electron chi connectivity index (χ4n) is 4.40. The Balaban J connectivity index is 1.44. The van der Waals surface area contributed by atoms with Crippen LogP contribution in [0, 0.1) is 5.92 Å². The summed E-state index contributed by atoms with van der Waals surface area (Å²) >= 11 is 5.89. The van der Waals surface area contributed by atoms with E-state index in [1.54, 1.807) is 24.3 Å². The highest BCUT2D eigenvalue weighted by atomic mass is 35.5. The summed E-state index contributed by atoms with van der Waals surface area (Å²) in [5, 5.41) is 3.33. The summed E-state index contributed by atoms with van der Waals surface area (Å²) in [7, 11) is -3.73. The SMILES string of the molecule is CC(C)(C)c1ccc(C(=O)c2cccc(NC(=O)C3CCCN(S(=O)(=O)c4ccc(Cl)cc4)C3)c2)cc1. The summed E-state index contributed by atoms with van der Waals surface area (Å²) in [5.41, 5.74) is 2.68. The van der Waals surface area contributed by atoms with Crippen molar-refractivity contribution in [1.82, 2.24) is 4.31 Å². The number of amides is 1. The summed E-state index contributed by atoms with van der Waals surface area (Å²) in [6, 6.07) is 20.4. The highest BCUT2D eigenvalue weighted by molar-refractivity contribution is 7.89. The maximum Gasteiger partial charge on any atom is 0.243 e. The zero-order chi connectivity index (χ0) is 26.8. The number of halogens is 1. The van der Waals surface area contributed by atoms with Gasteiger partial charge in [-0.1, -0.05) is 68.8 Å². The second kappa shape index (κ2) is 10.8. The Morgan fingerprint density at radius 1 is 0.946 bits per heavy atom. The van der Waals surface area contributed by atoms with E-state index in [0.29, 0.717) is 41.2 Å². The third-order valence-electron chi connectivity index (χ3n) is 6.61. The normalized spacial score (nSPS) is 16.8. The van der Waals surface area contributed by atoms with E-state index < -0.39 is 15.9 Å². The van der Waals surface area contributed by atoms with Gasteiger partial charge in [0.05, 0.1) is 10.8 Å². The molecule has 0 saturated carbocycles. The van der Waals surface area contributed by atoms with Crippen molar-refractivity contribution in [2.24, 2.45) is 5.92 Å². The molecular weight excluding hydrogens is 508 g/mol. The van der Waals surface area contributed by atoms with Crippen molar-refractivity contribution in [3.05, 3.63) is 94.5 Å². The Labute approximate surface area is 223 Å². The van der Waals surface area contributed by atoms with Crippen molar-refractivity contribution in [2.75, 3.05) is 18.4 Å². The fraction of sp³-hybridized carbons (Fsp3) is 0.310. The molecule has 194 valence electrons. The van der Waals surface area contributed by atoms with Crippen molar-refractivity contribution >= 4 is 39.0 Å². The van der Waals surface area contributed by atoms with Crippen LogP contribution in [0.1, 0.15) is 55.1 Å². The van der Waals surface area contributed by atoms with Crippen LogP contribution in [0.3, 0.4) is 0 Å². The predicted molar refractivity (Wildman–Crippen MR) is 147 cm³/mol. The number of ketones is 1. The number of carbonyl (C=O) groups excluding carboxylic acids is 2. The van der Waals surface area contributed by atoms with Crippen LogP contribution < -0.4 is 5.32 Å². The standard InChI is InChI=1S/C29H31ClN2O4S/c1-29(2,3)23-11-9-20(10-12-23)27(33)21-6-4-8-25(18-21)31-28(34)22-7-5-17-32(19-22)37(35,36)26-15-13-24(30)14-16-26/h4,6,8-16,18,22H,5,7,17,19H2,1-3H3,(H,31,34). The Bertz CT molecular complexity index is 1400. The van der Waals surface area contributed by atoms with Crippen molar-refractivity contribution in [1.29, 1.82) is 0 Å². The van der Waals surface area contributed by atoms with Crippen LogP contribution in [-0.2, 0) is 20.2 Å². The van der Waals surface area contributed by atoms with Crippen LogP contribution in [0.4, 0.5) is 5.69 Å². The van der Waals surface area contributed by atoms with E-state index in [0.717, 1.165) is 5.56 Å². The molecule has 0 aliphatic carbocycles. The minimum absolute atomic E-state index is 0.00533. The molecule has 1 aliphatic heterocycles. The first-order valence-electron chi connectivity index (χ1n) is 12.3. The van der Waals surface area contributed by atoms with Crippen LogP contribution >= 0.6 is 11.6 Å². The lowest BCUT2D eigenvalue weighted by molar-refractivity contribution is -0.120. The molecule has 1 saturated heterocycles. The zero-order valence-electron chi connectivity index (χ0n) is 21.2. The Kier molecular flexibility index (Phi) is 7.88. The number of anilines is 1. The molecule has 1 aliphatic rings. The number of nitrogens with one attached hydrogen (secondary N) is 1. The molecule has 0 bridgehead atoms. The number of piperidine rings is 1. The predicted octanol–water partition coefficient (Wildman–Crippen LogP) is 5.91. The summed E-state index contributed by atoms with van der Waals surface area (Å²) < 4.78 is 27.5. The molecule has 1 atom stereocenters. The van der Waals surface area contributed by atoms with Gasteiger partial charge in [-0.2, -0.15) is 4.31 Å². The van der Waals surface area contributed by atoms with E-state index in [-0.39, 0.29) is 28.5 Å². The number of nitrogens with zero attached hydrogens (tertiary/aromatic N) is 1. The zero-order valence-corrected chi connectivity index (χ0v) is 22.8. The highest BCUT2D eigenvalue weighted by Gasteiger charge is 2.33. The van der Waals surface area contributed by atoms with Crippen molar-refractivity contribution in [3.63, 3.8) is 0 Å². The van der Waals surface area contributed by atoms with Crippen LogP contribution in [-0.4, -0.2) is 37.5 Å². The van der Waals surface area contributed by atoms with E-state index in [4.69, 9.17) is 11.6 Å². The second-order valence-electron chi connectivity index (χ2n) is 10.4. The molecule has 1 heterocycles. The smallest absolute Gasteiger partial charge is 0.243 e. The average molecular weight is 539 g/mol. The lowest BCUT2D eigenvalue weighted by Crippen LogP contribution is -2.43. The molecule has 37 heavy (non-hydrogen) atoms. The minimum Gasteiger partial charge on any atom is -0.326 e. The van der Waals surface area contributed by atoms with Gasteiger partial charge in [-0.15, -0.1) is 0 Å². The molecular formula is C29H31ClN2O4S. The summed E-state index contributed by atoms with van der Waals surface area (Å²) in [4.78, 5) is 26.3. The highest BCUT2D eigenvalue weighted by Crippen LogP contribution is 2.27. The lowest BCUT2D eigenvalue weighted by atomic mass is 9.86. The average Bonchev–Trinajstić information content (AvgIpc) is 2.88. The molecule has 0 spiro atoms. The van der Waals surface area contributed by atoms with Gasteiger partial charge >= 0.3 is 0 Å². The molecule has 0 radical (unpaired) electrons. The van der Waals surface area contributed by atoms with E-state index in [1.807, 2.05) is 24.3 Å². The molecule has 6 nitrogen and oxygen atoms in total. The molecule has 1 fully saturated rings. The molecule has 3 aromatic carbocycles. The topological polar surface area (TPSA) is 83.6 Å². The number of benzene rings is 3. The van der Waals surface area contributed by atoms with Gasteiger partial charge in [0.15, 0.2) is 5.78 Å². The third-order valence-corrected chi connectivity index (χ3v) is 8.74. The molecule has 1 amide bonds. The van der Waals surface area contributed by atoms with Gasteiger partial charge < -0.3 is 5.32 Å². The molecule has 0 aromatic heterocycles. The van der Waals surface area contributed by atoms with Gasteiger partial charge in [-0.3, -0.25) is 9.59 Å². The quantitative estimate of drug-likeness (QED) is 0.395. The van der Waals surface area contributed by atoms with E-state index in [2.05, 4.69) is 26.1 Å². The summed E-state index contributed by atoms with van der Waals surface area (Å²) in [5.74, 6) is -0.898. The van der Waals surface area contributed by atoms with Gasteiger partial charge in [-0.25, -0.2) is 8.42 Å². The second-order valence-corrected chi connectivity index (χ2v) is 12.8. The fourth-order valence-corrected chi connectivity index (χ4v) is 6.05. The molecule has 1 N–H and O–H groups in total. The first-order chi connectivity index (χ1) is 17.4. The number of rotatable bonds is 6. The van der Waals surface area contributed by atoms with Crippen molar-refractivity contribution in [2.45, 2.75) is 43.9 Å². The van der Waals surface area contributed by atoms with E-state index in [9.17, 15) is 18.0 Å². The maximum atomic E-state index is 13.1. The van der Waals surface area contributed by atoms with Gasteiger partial charge in [0, 0.05) is 34.9 Å². The maximum absolute atomic E-state index is 13.1. The monoisotopic (exact) mass is 538 g/mol. The lowest BCUT2D eigenvalue weighted by Gasteiger charge is -2.31. The van der Waals surface area contributed by atoms with Gasteiger partial charge in [-0.05, 0) is 60.2 Å². The van der Waals surface area contributed by atoms with Crippen molar-refractivity contribution in [3.8, 4) is 0 Å². The van der Waals surface area contributed by atoms with Crippen LogP contribution in [0.25, 0.3) is 0 Å². The van der Waals surface area contributed by atoms with E-state index in [1.165, 1.54) is 28.6 Å². The first kappa shape index (κ1) is 27.0. The Morgan fingerprint density at radius 3 is 2.27 bits per heavy atom. The van der Waals surface area contributed by atoms with Crippen LogP contribution in [0.15, 0.2) is 77.7 Å². The third kappa shape index (κ3) is 6.29. The van der Waals surface area contributed by atoms with Gasteiger partial charge in [0.2, 0.25) is 15.9 Å². The molecule has 4 rings (SSSR count). The van der Waals surface area contributed by atoms with E-state index >= 15 is 0 Å². The summed E-state index contributed by atoms with van der Waals surface area (Å²) in [6.45, 7) is 6.81. The first-order valence-corrected chi connectivity index (χ1v) is 14.1. The summed E-state index contributed by atoms with van der Waals surface area (Å²) in [6.07, 6.45) is 1.16. The Morgan fingerprint density at radius 2 is 1.62 bits per heavy atom. The number of hydrogen-bond acceptors (Lipinski definition) is 4. The molecule has 3 aromatic rings. The molecule has 1 unspecified atom stereocenters. The van der Waals surface area contributed by atoms with Gasteiger partial charge in [0.1, 0.15) is 0 Å². The molecule has 8 heteroatoms. The Hall–Kier alpha value is -3.00. The minimum atomic E-state index is -3.73.